The molecule has 0 aliphatic carbocycles. The van der Waals surface area contributed by atoms with Gasteiger partial charge in [0.15, 0.2) is 0 Å². The highest BCUT2D eigenvalue weighted by Crippen LogP contribution is 2.28. The molecule has 3 aromatic rings. The number of rotatable bonds is 8. The summed E-state index contributed by atoms with van der Waals surface area (Å²) in [6.45, 7) is -0.677. The smallest absolute Gasteiger partial charge is 0.253 e. The molecule has 0 aliphatic rings. The summed E-state index contributed by atoms with van der Waals surface area (Å²) in [4.78, 5) is 12.4. The van der Waals surface area contributed by atoms with E-state index >= 15 is 0 Å². The molecule has 31 heavy (non-hydrogen) atoms. The van der Waals surface area contributed by atoms with Crippen LogP contribution in [-0.4, -0.2) is 25.7 Å². The van der Waals surface area contributed by atoms with Crippen molar-refractivity contribution in [3.8, 4) is 0 Å². The van der Waals surface area contributed by atoms with Crippen molar-refractivity contribution in [2.45, 2.75) is 24.7 Å². The fraction of sp³-hybridized carbons (Fsp3) is 0.174. The van der Waals surface area contributed by atoms with Crippen LogP contribution >= 0.6 is 11.6 Å². The van der Waals surface area contributed by atoms with E-state index < -0.39 is 22.6 Å². The Labute approximate surface area is 186 Å². The van der Waals surface area contributed by atoms with Crippen LogP contribution in [0.1, 0.15) is 27.0 Å². The Balaban J connectivity index is 1.89. The molecule has 3 aromatic carbocycles. The van der Waals surface area contributed by atoms with Crippen LogP contribution < -0.4 is 5.32 Å². The molecule has 5 nitrogen and oxygen atoms in total. The van der Waals surface area contributed by atoms with Gasteiger partial charge in [0, 0.05) is 25.7 Å². The van der Waals surface area contributed by atoms with Crippen molar-refractivity contribution >= 4 is 27.5 Å². The minimum absolute atomic E-state index is 0.0112. The van der Waals surface area contributed by atoms with Gasteiger partial charge in [-0.25, -0.2) is 12.8 Å². The van der Waals surface area contributed by atoms with E-state index in [9.17, 15) is 17.6 Å². The van der Waals surface area contributed by atoms with Gasteiger partial charge in [0.2, 0.25) is 10.0 Å². The van der Waals surface area contributed by atoms with E-state index in [0.29, 0.717) is 0 Å². The molecule has 0 unspecified atom stereocenters. The highest BCUT2D eigenvalue weighted by molar-refractivity contribution is 7.89. The Morgan fingerprint density at radius 1 is 1.00 bits per heavy atom. The molecule has 0 radical (unpaired) electrons. The first-order chi connectivity index (χ1) is 14.8. The molecular formula is C23H22ClFN2O3S. The fourth-order valence-electron chi connectivity index (χ4n) is 3.08. The van der Waals surface area contributed by atoms with E-state index in [1.54, 1.807) is 24.3 Å². The molecule has 1 amide bonds. The second-order valence-corrected chi connectivity index (χ2v) is 9.41. The summed E-state index contributed by atoms with van der Waals surface area (Å²) in [7, 11) is -2.65. The van der Waals surface area contributed by atoms with Gasteiger partial charge in [-0.15, -0.1) is 0 Å². The Bertz CT molecular complexity index is 1160. The largest absolute Gasteiger partial charge is 0.348 e. The molecule has 0 spiro atoms. The average Bonchev–Trinajstić information content (AvgIpc) is 2.78. The molecule has 0 fully saturated rings. The number of sulfonamides is 1. The van der Waals surface area contributed by atoms with E-state index in [4.69, 9.17) is 11.6 Å². The van der Waals surface area contributed by atoms with E-state index in [0.717, 1.165) is 21.5 Å². The van der Waals surface area contributed by atoms with Crippen molar-refractivity contribution in [1.82, 2.24) is 9.62 Å². The number of amides is 1. The number of halogens is 2. The van der Waals surface area contributed by atoms with Crippen LogP contribution in [0.4, 0.5) is 4.39 Å². The maximum absolute atomic E-state index is 13.6. The third-order valence-electron chi connectivity index (χ3n) is 4.77. The lowest BCUT2D eigenvalue weighted by molar-refractivity contribution is 0.0950. The maximum Gasteiger partial charge on any atom is 0.253 e. The maximum atomic E-state index is 13.6. The van der Waals surface area contributed by atoms with Crippen LogP contribution in [0.5, 0.6) is 0 Å². The van der Waals surface area contributed by atoms with Crippen molar-refractivity contribution in [3.63, 3.8) is 0 Å². The first-order valence-corrected chi connectivity index (χ1v) is 11.4. The molecule has 0 saturated heterocycles. The number of alkyl halides is 1. The number of nitrogens with zero attached hydrogens (tertiary/aromatic N) is 1. The monoisotopic (exact) mass is 460 g/mol. The Hall–Kier alpha value is -2.74. The van der Waals surface area contributed by atoms with Crippen molar-refractivity contribution in [2.75, 3.05) is 7.05 Å². The predicted octanol–water partition coefficient (Wildman–Crippen LogP) is 4.56. The molecule has 1 N–H and O–H groups in total. The zero-order chi connectivity index (χ0) is 22.4. The highest BCUT2D eigenvalue weighted by Gasteiger charge is 2.27. The number of carbonyl (C=O) groups is 1. The molecule has 162 valence electrons. The SMILES string of the molecule is CN(Cc1ccccc1)S(=O)(=O)c1cc(C(=O)NCc2ccccc2)c(Cl)cc1CF. The predicted molar refractivity (Wildman–Crippen MR) is 119 cm³/mol. The zero-order valence-corrected chi connectivity index (χ0v) is 18.5. The molecule has 8 heteroatoms. The van der Waals surface area contributed by atoms with E-state index in [-0.39, 0.29) is 34.1 Å². The molecule has 3 rings (SSSR count). The zero-order valence-electron chi connectivity index (χ0n) is 16.9. The molecule has 0 atom stereocenters. The average molecular weight is 461 g/mol. The number of benzene rings is 3. The molecule has 0 aliphatic heterocycles. The lowest BCUT2D eigenvalue weighted by Gasteiger charge is -2.20. The summed E-state index contributed by atoms with van der Waals surface area (Å²) in [5.74, 6) is -0.540. The van der Waals surface area contributed by atoms with Gasteiger partial charge < -0.3 is 5.32 Å². The van der Waals surface area contributed by atoms with Crippen molar-refractivity contribution < 1.29 is 17.6 Å². The van der Waals surface area contributed by atoms with Crippen LogP contribution in [0.3, 0.4) is 0 Å². The van der Waals surface area contributed by atoms with Gasteiger partial charge in [-0.05, 0) is 23.3 Å². The summed E-state index contributed by atoms with van der Waals surface area (Å²) < 4.78 is 41.1. The summed E-state index contributed by atoms with van der Waals surface area (Å²) >= 11 is 6.18. The standard InChI is InChI=1S/C23H22ClFN2O3S/c1-27(16-18-10-6-3-7-11-18)31(29,30)22-13-20(21(24)12-19(22)14-25)23(28)26-15-17-8-4-2-5-9-17/h2-13H,14-16H2,1H3,(H,26,28). The van der Waals surface area contributed by atoms with Crippen molar-refractivity contribution in [3.05, 3.63) is 100 Å². The van der Waals surface area contributed by atoms with Crippen LogP contribution in [-0.2, 0) is 29.8 Å². The van der Waals surface area contributed by atoms with Gasteiger partial charge in [0.05, 0.1) is 15.5 Å². The molecule has 0 bridgehead atoms. The van der Waals surface area contributed by atoms with Crippen LogP contribution in [0.2, 0.25) is 5.02 Å². The lowest BCUT2D eigenvalue weighted by atomic mass is 10.1. The van der Waals surface area contributed by atoms with Gasteiger partial charge in [-0.1, -0.05) is 72.3 Å². The number of hydrogen-bond acceptors (Lipinski definition) is 3. The van der Waals surface area contributed by atoms with Gasteiger partial charge in [0.1, 0.15) is 6.67 Å². The van der Waals surface area contributed by atoms with Crippen LogP contribution in [0.25, 0.3) is 0 Å². The molecule has 0 saturated carbocycles. The topological polar surface area (TPSA) is 66.5 Å². The first kappa shape index (κ1) is 22.9. The summed E-state index contributed by atoms with van der Waals surface area (Å²) in [5, 5.41) is 2.70. The van der Waals surface area contributed by atoms with Crippen molar-refractivity contribution in [2.24, 2.45) is 0 Å². The highest BCUT2D eigenvalue weighted by atomic mass is 35.5. The molecule has 0 heterocycles. The second kappa shape index (κ2) is 10.0. The number of hydrogen-bond donors (Lipinski definition) is 1. The van der Waals surface area contributed by atoms with E-state index in [2.05, 4.69) is 5.32 Å². The fourth-order valence-corrected chi connectivity index (χ4v) is 4.72. The second-order valence-electron chi connectivity index (χ2n) is 6.99. The van der Waals surface area contributed by atoms with Gasteiger partial charge >= 0.3 is 0 Å². The first-order valence-electron chi connectivity index (χ1n) is 9.53. The quantitative estimate of drug-likeness (QED) is 0.536. The summed E-state index contributed by atoms with van der Waals surface area (Å²) in [5.41, 5.74) is 1.54. The summed E-state index contributed by atoms with van der Waals surface area (Å²) in [6.07, 6.45) is 0. The summed E-state index contributed by atoms with van der Waals surface area (Å²) in [6, 6.07) is 20.6. The van der Waals surface area contributed by atoms with Crippen LogP contribution in [0, 0.1) is 0 Å². The van der Waals surface area contributed by atoms with E-state index in [1.807, 2.05) is 36.4 Å². The van der Waals surface area contributed by atoms with Gasteiger partial charge in [0.25, 0.3) is 5.91 Å². The van der Waals surface area contributed by atoms with Gasteiger partial charge in [-0.2, -0.15) is 4.31 Å². The lowest BCUT2D eigenvalue weighted by Crippen LogP contribution is -2.28. The molecule has 0 aromatic heterocycles. The minimum atomic E-state index is -4.07. The van der Waals surface area contributed by atoms with Gasteiger partial charge in [-0.3, -0.25) is 4.79 Å². The Morgan fingerprint density at radius 3 is 2.16 bits per heavy atom. The molecular weight excluding hydrogens is 439 g/mol. The normalized spacial score (nSPS) is 11.5. The minimum Gasteiger partial charge on any atom is -0.348 e. The third kappa shape index (κ3) is 5.50. The number of nitrogens with one attached hydrogen (secondary N) is 1. The number of carbonyl (C=O) groups excluding carboxylic acids is 1. The Morgan fingerprint density at radius 2 is 1.58 bits per heavy atom. The third-order valence-corrected chi connectivity index (χ3v) is 6.97. The Kier molecular flexibility index (Phi) is 7.43. The van der Waals surface area contributed by atoms with Crippen LogP contribution in [0.15, 0.2) is 77.7 Å². The van der Waals surface area contributed by atoms with Crippen molar-refractivity contribution in [1.29, 1.82) is 0 Å². The van der Waals surface area contributed by atoms with E-state index in [1.165, 1.54) is 13.1 Å².